The number of hydrogen-bond donors (Lipinski definition) is 1. The fraction of sp³-hybridized carbons (Fsp3) is 0.682. The molecule has 0 radical (unpaired) electrons. The Morgan fingerprint density at radius 3 is 2.41 bits per heavy atom. The Kier molecular flexibility index (Phi) is 4.31. The Morgan fingerprint density at radius 1 is 1.11 bits per heavy atom. The number of benzene rings is 1. The van der Waals surface area contributed by atoms with Crippen LogP contribution < -0.4 is 0 Å². The number of aliphatic hydroxyl groups is 1. The van der Waals surface area contributed by atoms with Gasteiger partial charge in [0.2, 0.25) is 5.91 Å². The van der Waals surface area contributed by atoms with E-state index in [1.54, 1.807) is 0 Å². The van der Waals surface area contributed by atoms with Crippen molar-refractivity contribution in [2.24, 2.45) is 23.2 Å². The molecule has 1 heterocycles. The van der Waals surface area contributed by atoms with Crippen molar-refractivity contribution in [3.05, 3.63) is 33.8 Å². The maximum absolute atomic E-state index is 13.4. The molecule has 6 rings (SSSR count). The van der Waals surface area contributed by atoms with Crippen molar-refractivity contribution in [1.82, 2.24) is 4.90 Å². The van der Waals surface area contributed by atoms with Gasteiger partial charge in [-0.2, -0.15) is 0 Å². The zero-order valence-corrected chi connectivity index (χ0v) is 17.1. The number of carbonyl (C=O) groups excluding carboxylic acids is 1. The number of halogens is 2. The highest BCUT2D eigenvalue weighted by Crippen LogP contribution is 2.63. The largest absolute Gasteiger partial charge is 0.396 e. The average Bonchev–Trinajstić information content (AvgIpc) is 2.98. The van der Waals surface area contributed by atoms with E-state index in [9.17, 15) is 9.90 Å². The molecule has 1 aromatic rings. The van der Waals surface area contributed by atoms with Gasteiger partial charge >= 0.3 is 0 Å². The monoisotopic (exact) mass is 407 g/mol. The molecule has 146 valence electrons. The second-order valence-electron chi connectivity index (χ2n) is 9.72. The van der Waals surface area contributed by atoms with Crippen molar-refractivity contribution in [2.75, 3.05) is 13.2 Å². The first-order chi connectivity index (χ1) is 12.9. The molecule has 3 unspecified atom stereocenters. The predicted molar refractivity (Wildman–Crippen MR) is 107 cm³/mol. The molecule has 5 aliphatic rings. The molecule has 1 amide bonds. The van der Waals surface area contributed by atoms with Crippen LogP contribution in [0.25, 0.3) is 0 Å². The molecule has 4 aliphatic carbocycles. The Bertz CT molecular complexity index is 745. The van der Waals surface area contributed by atoms with Crippen LogP contribution in [-0.2, 0) is 11.2 Å². The summed E-state index contributed by atoms with van der Waals surface area (Å²) in [6.07, 6.45) is 8.38. The zero-order chi connectivity index (χ0) is 18.8. The van der Waals surface area contributed by atoms with Gasteiger partial charge in [-0.05, 0) is 86.3 Å². The van der Waals surface area contributed by atoms with Crippen LogP contribution in [-0.4, -0.2) is 34.6 Å². The summed E-state index contributed by atoms with van der Waals surface area (Å²) in [5.41, 5.74) is 0.954. The van der Waals surface area contributed by atoms with Crippen LogP contribution in [0.5, 0.6) is 0 Å². The predicted octanol–water partition coefficient (Wildman–Crippen LogP) is 4.72. The molecule has 1 aromatic carbocycles. The lowest BCUT2D eigenvalue weighted by molar-refractivity contribution is -0.163. The second kappa shape index (κ2) is 6.37. The summed E-state index contributed by atoms with van der Waals surface area (Å²) in [7, 11) is 0. The van der Waals surface area contributed by atoms with Crippen molar-refractivity contribution >= 4 is 29.1 Å². The highest BCUT2D eigenvalue weighted by Gasteiger charge is 2.61. The minimum atomic E-state index is -0.0273. The summed E-state index contributed by atoms with van der Waals surface area (Å²) in [5.74, 6) is 1.62. The van der Waals surface area contributed by atoms with Gasteiger partial charge in [0.1, 0.15) is 0 Å². The third-order valence-corrected chi connectivity index (χ3v) is 8.60. The van der Waals surface area contributed by atoms with Gasteiger partial charge < -0.3 is 10.0 Å². The van der Waals surface area contributed by atoms with Crippen LogP contribution in [0.4, 0.5) is 0 Å². The maximum Gasteiger partial charge on any atom is 0.226 e. The molecule has 5 fully saturated rings. The highest BCUT2D eigenvalue weighted by atomic mass is 35.5. The minimum absolute atomic E-state index is 0.0110. The van der Waals surface area contributed by atoms with Gasteiger partial charge in [0, 0.05) is 34.7 Å². The molecular weight excluding hydrogens is 381 g/mol. The highest BCUT2D eigenvalue weighted by molar-refractivity contribution is 6.36. The van der Waals surface area contributed by atoms with Gasteiger partial charge in [-0.25, -0.2) is 0 Å². The van der Waals surface area contributed by atoms with Gasteiger partial charge in [0.15, 0.2) is 0 Å². The van der Waals surface area contributed by atoms with E-state index in [0.29, 0.717) is 28.3 Å². The van der Waals surface area contributed by atoms with E-state index >= 15 is 0 Å². The lowest BCUT2D eigenvalue weighted by atomic mass is 9.46. The molecule has 3 atom stereocenters. The molecule has 1 saturated heterocycles. The smallest absolute Gasteiger partial charge is 0.226 e. The van der Waals surface area contributed by atoms with Gasteiger partial charge in [-0.3, -0.25) is 4.79 Å². The van der Waals surface area contributed by atoms with E-state index in [0.717, 1.165) is 50.6 Å². The second-order valence-corrected chi connectivity index (χ2v) is 10.5. The SMILES string of the molecule is O=C1C(Cc2c(Cl)cccc2Cl)CCN1C12CC3CC(CC(CO)(C3)C1)C2. The molecule has 1 aliphatic heterocycles. The molecule has 27 heavy (non-hydrogen) atoms. The molecule has 5 heteroatoms. The van der Waals surface area contributed by atoms with Crippen LogP contribution >= 0.6 is 23.2 Å². The van der Waals surface area contributed by atoms with Crippen molar-refractivity contribution in [1.29, 1.82) is 0 Å². The summed E-state index contributed by atoms with van der Waals surface area (Å²) in [6.45, 7) is 1.12. The van der Waals surface area contributed by atoms with Gasteiger partial charge in [0.05, 0.1) is 0 Å². The van der Waals surface area contributed by atoms with Gasteiger partial charge in [-0.1, -0.05) is 29.3 Å². The van der Waals surface area contributed by atoms with E-state index in [2.05, 4.69) is 4.90 Å². The number of carbonyl (C=O) groups is 1. The first kappa shape index (κ1) is 18.3. The van der Waals surface area contributed by atoms with Crippen LogP contribution in [0.15, 0.2) is 18.2 Å². The number of amides is 1. The lowest BCUT2D eigenvalue weighted by Crippen LogP contribution is -2.64. The third-order valence-electron chi connectivity index (χ3n) is 7.89. The Balaban J connectivity index is 1.39. The summed E-state index contributed by atoms with van der Waals surface area (Å²) >= 11 is 12.7. The van der Waals surface area contributed by atoms with Crippen LogP contribution in [0, 0.1) is 23.2 Å². The molecule has 0 spiro atoms. The number of hydrogen-bond acceptors (Lipinski definition) is 2. The molecule has 4 saturated carbocycles. The normalized spacial score (nSPS) is 40.2. The van der Waals surface area contributed by atoms with E-state index in [-0.39, 0.29) is 29.4 Å². The minimum Gasteiger partial charge on any atom is -0.396 e. The first-order valence-electron chi connectivity index (χ1n) is 10.3. The summed E-state index contributed by atoms with van der Waals surface area (Å²) in [6, 6.07) is 5.55. The average molecular weight is 408 g/mol. The summed E-state index contributed by atoms with van der Waals surface area (Å²) < 4.78 is 0. The van der Waals surface area contributed by atoms with E-state index in [1.807, 2.05) is 18.2 Å². The Hall–Kier alpha value is -0.770. The van der Waals surface area contributed by atoms with Crippen molar-refractivity contribution in [2.45, 2.75) is 56.9 Å². The quantitative estimate of drug-likeness (QED) is 0.784. The fourth-order valence-corrected chi connectivity index (χ4v) is 7.83. The third kappa shape index (κ3) is 2.84. The topological polar surface area (TPSA) is 40.5 Å². The van der Waals surface area contributed by atoms with E-state index < -0.39 is 0 Å². The number of nitrogens with zero attached hydrogens (tertiary/aromatic N) is 1. The molecule has 4 bridgehead atoms. The number of rotatable bonds is 4. The van der Waals surface area contributed by atoms with E-state index in [4.69, 9.17) is 23.2 Å². The Labute approximate surface area is 171 Å². The summed E-state index contributed by atoms with van der Waals surface area (Å²) in [4.78, 5) is 15.6. The van der Waals surface area contributed by atoms with E-state index in [1.165, 1.54) is 6.42 Å². The summed E-state index contributed by atoms with van der Waals surface area (Å²) in [5, 5.41) is 11.4. The van der Waals surface area contributed by atoms with Crippen LogP contribution in [0.2, 0.25) is 10.0 Å². The fourth-order valence-electron chi connectivity index (χ4n) is 7.28. The lowest BCUT2D eigenvalue weighted by Gasteiger charge is -2.64. The first-order valence-corrected chi connectivity index (χ1v) is 11.0. The number of aliphatic hydroxyl groups excluding tert-OH is 1. The maximum atomic E-state index is 13.4. The Morgan fingerprint density at radius 2 is 1.78 bits per heavy atom. The van der Waals surface area contributed by atoms with Crippen molar-refractivity contribution in [3.63, 3.8) is 0 Å². The van der Waals surface area contributed by atoms with Gasteiger partial charge in [-0.15, -0.1) is 0 Å². The zero-order valence-electron chi connectivity index (χ0n) is 15.6. The van der Waals surface area contributed by atoms with Crippen molar-refractivity contribution < 1.29 is 9.90 Å². The molecule has 1 N–H and O–H groups in total. The van der Waals surface area contributed by atoms with Gasteiger partial charge in [0.25, 0.3) is 0 Å². The molecular formula is C22H27Cl2NO2. The van der Waals surface area contributed by atoms with Crippen LogP contribution in [0.3, 0.4) is 0 Å². The molecule has 0 aromatic heterocycles. The standard InChI is InChI=1S/C22H27Cl2NO2/c23-18-2-1-3-19(24)17(18)7-16-4-5-25(20(16)27)22-10-14-6-15(11-22)9-21(8-14,12-22)13-26/h1-3,14-16,26H,4-13H2. The van der Waals surface area contributed by atoms with Crippen molar-refractivity contribution in [3.8, 4) is 0 Å². The van der Waals surface area contributed by atoms with Crippen LogP contribution in [0.1, 0.15) is 50.5 Å². The number of likely N-dealkylation sites (tertiary alicyclic amines) is 1. The molecule has 3 nitrogen and oxygen atoms in total.